The highest BCUT2D eigenvalue weighted by Crippen LogP contribution is 2.20. The number of hydrogen-bond acceptors (Lipinski definition) is 2. The summed E-state index contributed by atoms with van der Waals surface area (Å²) in [5.41, 5.74) is 0. The summed E-state index contributed by atoms with van der Waals surface area (Å²) in [4.78, 5) is 0. The lowest BCUT2D eigenvalue weighted by molar-refractivity contribution is 0.139. The molecule has 0 aliphatic carbocycles. The highest BCUT2D eigenvalue weighted by atomic mass is 28.4. The molecule has 0 spiro atoms. The minimum atomic E-state index is -1.87. The zero-order valence-corrected chi connectivity index (χ0v) is 12.3. The first-order valence-corrected chi connectivity index (χ1v) is 8.46. The van der Waals surface area contributed by atoms with Gasteiger partial charge in [-0.3, -0.25) is 0 Å². The van der Waals surface area contributed by atoms with Crippen LogP contribution in [0.3, 0.4) is 0 Å². The van der Waals surface area contributed by atoms with Crippen molar-refractivity contribution in [3.63, 3.8) is 0 Å². The second-order valence-corrected chi connectivity index (χ2v) is 8.84. The third-order valence-electron chi connectivity index (χ3n) is 2.44. The Kier molecular flexibility index (Phi) is 7.48. The molecule has 0 aromatic heterocycles. The lowest BCUT2D eigenvalue weighted by Gasteiger charge is -2.30. The summed E-state index contributed by atoms with van der Waals surface area (Å²) in [5.74, 6) is 1.19. The third-order valence-corrected chi connectivity index (χ3v) is 5.98. The SMILES string of the molecule is CC[Si](CC)(OCC(C)C)OCC(C)C. The minimum absolute atomic E-state index is 0.595. The molecule has 0 amide bonds. The van der Waals surface area contributed by atoms with Gasteiger partial charge in [-0.25, -0.2) is 0 Å². The molecular weight excluding hydrogens is 204 g/mol. The zero-order chi connectivity index (χ0) is 11.9. The van der Waals surface area contributed by atoms with Crippen molar-refractivity contribution in [2.24, 2.45) is 11.8 Å². The van der Waals surface area contributed by atoms with E-state index >= 15 is 0 Å². The van der Waals surface area contributed by atoms with Crippen molar-refractivity contribution in [3.8, 4) is 0 Å². The molecule has 0 saturated heterocycles. The standard InChI is InChI=1S/C12H28O2Si/c1-7-15(8-2,13-9-11(3)4)14-10-12(5)6/h11-12H,7-10H2,1-6H3. The van der Waals surface area contributed by atoms with Crippen molar-refractivity contribution < 1.29 is 8.85 Å². The van der Waals surface area contributed by atoms with E-state index in [9.17, 15) is 0 Å². The highest BCUT2D eigenvalue weighted by molar-refractivity contribution is 6.67. The van der Waals surface area contributed by atoms with Gasteiger partial charge in [0.2, 0.25) is 0 Å². The van der Waals surface area contributed by atoms with Gasteiger partial charge in [-0.05, 0) is 23.9 Å². The molecule has 92 valence electrons. The van der Waals surface area contributed by atoms with Gasteiger partial charge in [0.15, 0.2) is 0 Å². The maximum Gasteiger partial charge on any atom is 0.337 e. The summed E-state index contributed by atoms with van der Waals surface area (Å²) in [6.45, 7) is 14.8. The molecule has 0 rings (SSSR count). The van der Waals surface area contributed by atoms with Crippen molar-refractivity contribution >= 4 is 8.56 Å². The quantitative estimate of drug-likeness (QED) is 0.592. The van der Waals surface area contributed by atoms with Gasteiger partial charge < -0.3 is 8.85 Å². The molecule has 0 radical (unpaired) electrons. The smallest absolute Gasteiger partial charge is 0.337 e. The molecule has 0 bridgehead atoms. The van der Waals surface area contributed by atoms with Crippen LogP contribution in [0.4, 0.5) is 0 Å². The lowest BCUT2D eigenvalue weighted by Crippen LogP contribution is -2.42. The fourth-order valence-corrected chi connectivity index (χ4v) is 4.01. The molecule has 15 heavy (non-hydrogen) atoms. The Morgan fingerprint density at radius 1 is 0.800 bits per heavy atom. The van der Waals surface area contributed by atoms with Gasteiger partial charge in [0, 0.05) is 13.2 Å². The predicted molar refractivity (Wildman–Crippen MR) is 68.3 cm³/mol. The molecule has 0 saturated carbocycles. The second kappa shape index (κ2) is 7.42. The largest absolute Gasteiger partial charge is 0.394 e. The van der Waals surface area contributed by atoms with Crippen LogP contribution in [-0.2, 0) is 8.85 Å². The Bertz CT molecular complexity index is 140. The summed E-state index contributed by atoms with van der Waals surface area (Å²) in [5, 5.41) is 0. The average Bonchev–Trinajstić information content (AvgIpc) is 2.19. The molecular formula is C12H28O2Si. The van der Waals surface area contributed by atoms with Crippen LogP contribution in [0.2, 0.25) is 12.1 Å². The number of rotatable bonds is 8. The summed E-state index contributed by atoms with van der Waals surface area (Å²) in [7, 11) is -1.87. The second-order valence-electron chi connectivity index (χ2n) is 5.03. The van der Waals surface area contributed by atoms with Gasteiger partial charge in [0.1, 0.15) is 0 Å². The van der Waals surface area contributed by atoms with Gasteiger partial charge in [0.05, 0.1) is 0 Å². The van der Waals surface area contributed by atoms with Gasteiger partial charge >= 0.3 is 8.56 Å². The van der Waals surface area contributed by atoms with E-state index in [0.29, 0.717) is 11.8 Å². The Balaban J connectivity index is 4.17. The Morgan fingerprint density at radius 2 is 1.13 bits per heavy atom. The Labute approximate surface area is 96.6 Å². The summed E-state index contributed by atoms with van der Waals surface area (Å²) >= 11 is 0. The molecule has 0 aromatic rings. The molecule has 3 heteroatoms. The van der Waals surface area contributed by atoms with Crippen LogP contribution in [-0.4, -0.2) is 21.8 Å². The molecule has 0 fully saturated rings. The topological polar surface area (TPSA) is 18.5 Å². The molecule has 0 aromatic carbocycles. The van der Waals surface area contributed by atoms with Crippen LogP contribution >= 0.6 is 0 Å². The van der Waals surface area contributed by atoms with Gasteiger partial charge in [-0.1, -0.05) is 41.5 Å². The summed E-state index contributed by atoms with van der Waals surface area (Å²) in [6, 6.07) is 2.12. The Hall–Kier alpha value is 0.137. The molecule has 0 aliphatic rings. The summed E-state index contributed by atoms with van der Waals surface area (Å²) in [6.07, 6.45) is 0. The van der Waals surface area contributed by atoms with Crippen molar-refractivity contribution in [1.29, 1.82) is 0 Å². The van der Waals surface area contributed by atoms with Crippen LogP contribution in [0.5, 0.6) is 0 Å². The van der Waals surface area contributed by atoms with Crippen molar-refractivity contribution in [1.82, 2.24) is 0 Å². The van der Waals surface area contributed by atoms with Gasteiger partial charge in [-0.2, -0.15) is 0 Å². The van der Waals surface area contributed by atoms with Crippen molar-refractivity contribution in [3.05, 3.63) is 0 Å². The monoisotopic (exact) mass is 232 g/mol. The van der Waals surface area contributed by atoms with Gasteiger partial charge in [-0.15, -0.1) is 0 Å². The summed E-state index contributed by atoms with van der Waals surface area (Å²) < 4.78 is 12.1. The van der Waals surface area contributed by atoms with E-state index in [2.05, 4.69) is 41.5 Å². The predicted octanol–water partition coefficient (Wildman–Crippen LogP) is 3.81. The van der Waals surface area contributed by atoms with E-state index in [1.807, 2.05) is 0 Å². The average molecular weight is 232 g/mol. The van der Waals surface area contributed by atoms with E-state index in [-0.39, 0.29) is 0 Å². The van der Waals surface area contributed by atoms with E-state index < -0.39 is 8.56 Å². The molecule has 0 atom stereocenters. The van der Waals surface area contributed by atoms with E-state index in [0.717, 1.165) is 25.3 Å². The fraction of sp³-hybridized carbons (Fsp3) is 1.00. The van der Waals surface area contributed by atoms with Crippen LogP contribution < -0.4 is 0 Å². The highest BCUT2D eigenvalue weighted by Gasteiger charge is 2.33. The first kappa shape index (κ1) is 15.1. The van der Waals surface area contributed by atoms with Crippen LogP contribution in [0.1, 0.15) is 41.5 Å². The minimum Gasteiger partial charge on any atom is -0.394 e. The van der Waals surface area contributed by atoms with Crippen LogP contribution in [0.15, 0.2) is 0 Å². The van der Waals surface area contributed by atoms with Gasteiger partial charge in [0.25, 0.3) is 0 Å². The van der Waals surface area contributed by atoms with E-state index in [1.54, 1.807) is 0 Å². The molecule has 0 heterocycles. The lowest BCUT2D eigenvalue weighted by atomic mass is 10.2. The maximum atomic E-state index is 6.06. The maximum absolute atomic E-state index is 6.06. The zero-order valence-electron chi connectivity index (χ0n) is 11.3. The van der Waals surface area contributed by atoms with Crippen molar-refractivity contribution in [2.75, 3.05) is 13.2 Å². The number of hydrogen-bond donors (Lipinski definition) is 0. The van der Waals surface area contributed by atoms with Crippen LogP contribution in [0, 0.1) is 11.8 Å². The Morgan fingerprint density at radius 3 is 1.33 bits per heavy atom. The van der Waals surface area contributed by atoms with E-state index in [4.69, 9.17) is 8.85 Å². The van der Waals surface area contributed by atoms with Crippen molar-refractivity contribution in [2.45, 2.75) is 53.6 Å². The molecule has 0 aliphatic heterocycles. The third kappa shape index (κ3) is 6.33. The fourth-order valence-electron chi connectivity index (χ4n) is 1.34. The first-order valence-electron chi connectivity index (χ1n) is 6.23. The molecule has 0 unspecified atom stereocenters. The van der Waals surface area contributed by atoms with E-state index in [1.165, 1.54) is 0 Å². The first-order chi connectivity index (χ1) is 6.95. The van der Waals surface area contributed by atoms with Crippen LogP contribution in [0.25, 0.3) is 0 Å². The molecule has 2 nitrogen and oxygen atoms in total. The normalized spacial score (nSPS) is 12.8. The molecule has 0 N–H and O–H groups in total.